The fourth-order valence-electron chi connectivity index (χ4n) is 2.89. The van der Waals surface area contributed by atoms with Gasteiger partial charge in [-0.05, 0) is 49.2 Å². The molecule has 1 fully saturated rings. The molecule has 9 heteroatoms. The zero-order valence-electron chi connectivity index (χ0n) is 15.3. The maximum atomic E-state index is 12.8. The van der Waals surface area contributed by atoms with Crippen molar-refractivity contribution < 1.29 is 22.7 Å². The van der Waals surface area contributed by atoms with Gasteiger partial charge in [0.1, 0.15) is 5.75 Å². The SMILES string of the molecule is COc1ccc(Cl)cc1NS(=O)(=O)c1cccc(C(=O)NC2CCCOC2)c1. The minimum Gasteiger partial charge on any atom is -0.495 e. The van der Waals surface area contributed by atoms with Crippen molar-refractivity contribution in [1.29, 1.82) is 0 Å². The molecule has 28 heavy (non-hydrogen) atoms. The normalized spacial score (nSPS) is 17.0. The van der Waals surface area contributed by atoms with Crippen molar-refractivity contribution in [3.05, 3.63) is 53.1 Å². The van der Waals surface area contributed by atoms with Gasteiger partial charge in [-0.15, -0.1) is 0 Å². The van der Waals surface area contributed by atoms with E-state index < -0.39 is 10.0 Å². The van der Waals surface area contributed by atoms with E-state index in [0.717, 1.165) is 12.8 Å². The molecule has 1 heterocycles. The van der Waals surface area contributed by atoms with Crippen LogP contribution in [0.1, 0.15) is 23.2 Å². The lowest BCUT2D eigenvalue weighted by Gasteiger charge is -2.23. The Labute approximate surface area is 169 Å². The number of carbonyl (C=O) groups excluding carboxylic acids is 1. The summed E-state index contributed by atoms with van der Waals surface area (Å²) in [6.45, 7) is 1.15. The number of carbonyl (C=O) groups is 1. The van der Waals surface area contributed by atoms with E-state index >= 15 is 0 Å². The number of amides is 1. The molecule has 2 aromatic carbocycles. The lowest BCUT2D eigenvalue weighted by molar-refractivity contribution is 0.0624. The zero-order valence-corrected chi connectivity index (χ0v) is 16.8. The monoisotopic (exact) mass is 424 g/mol. The summed E-state index contributed by atoms with van der Waals surface area (Å²) in [4.78, 5) is 12.4. The van der Waals surface area contributed by atoms with E-state index in [1.165, 1.54) is 31.4 Å². The molecule has 0 radical (unpaired) electrons. The summed E-state index contributed by atoms with van der Waals surface area (Å²) >= 11 is 5.95. The van der Waals surface area contributed by atoms with Gasteiger partial charge < -0.3 is 14.8 Å². The van der Waals surface area contributed by atoms with Gasteiger partial charge in [0.15, 0.2) is 0 Å². The van der Waals surface area contributed by atoms with E-state index in [4.69, 9.17) is 21.1 Å². The van der Waals surface area contributed by atoms with Crippen molar-refractivity contribution in [3.8, 4) is 5.75 Å². The van der Waals surface area contributed by atoms with E-state index in [2.05, 4.69) is 10.0 Å². The fourth-order valence-corrected chi connectivity index (χ4v) is 4.17. The van der Waals surface area contributed by atoms with E-state index in [1.54, 1.807) is 18.2 Å². The van der Waals surface area contributed by atoms with Crippen LogP contribution in [0.2, 0.25) is 5.02 Å². The first-order valence-corrected chi connectivity index (χ1v) is 10.6. The topological polar surface area (TPSA) is 93.7 Å². The van der Waals surface area contributed by atoms with Gasteiger partial charge in [0, 0.05) is 17.2 Å². The van der Waals surface area contributed by atoms with Crippen molar-refractivity contribution in [2.45, 2.75) is 23.8 Å². The van der Waals surface area contributed by atoms with Crippen LogP contribution in [0.4, 0.5) is 5.69 Å². The third kappa shape index (κ3) is 4.95. The fraction of sp³-hybridized carbons (Fsp3) is 0.316. The van der Waals surface area contributed by atoms with E-state index in [1.807, 2.05) is 0 Å². The Morgan fingerprint density at radius 1 is 1.25 bits per heavy atom. The van der Waals surface area contributed by atoms with Crippen molar-refractivity contribution in [3.63, 3.8) is 0 Å². The second-order valence-electron chi connectivity index (χ2n) is 6.37. The predicted molar refractivity (Wildman–Crippen MR) is 107 cm³/mol. The van der Waals surface area contributed by atoms with Gasteiger partial charge in [-0.2, -0.15) is 0 Å². The predicted octanol–water partition coefficient (Wildman–Crippen LogP) is 3.06. The molecule has 1 saturated heterocycles. The summed E-state index contributed by atoms with van der Waals surface area (Å²) in [5.41, 5.74) is 0.468. The van der Waals surface area contributed by atoms with Gasteiger partial charge in [0.2, 0.25) is 0 Å². The molecule has 1 amide bonds. The Morgan fingerprint density at radius 2 is 2.07 bits per heavy atom. The van der Waals surface area contributed by atoms with Crippen LogP contribution in [0.3, 0.4) is 0 Å². The maximum absolute atomic E-state index is 12.8. The minimum absolute atomic E-state index is 0.0397. The first-order chi connectivity index (χ1) is 13.4. The highest BCUT2D eigenvalue weighted by Crippen LogP contribution is 2.30. The Hall–Kier alpha value is -2.29. The molecule has 7 nitrogen and oxygen atoms in total. The standard InChI is InChI=1S/C19H21ClN2O5S/c1-26-18-8-7-14(20)11-17(18)22-28(24,25)16-6-2-4-13(10-16)19(23)21-15-5-3-9-27-12-15/h2,4,6-8,10-11,15,22H,3,5,9,12H2,1H3,(H,21,23). The number of hydrogen-bond acceptors (Lipinski definition) is 5. The quantitative estimate of drug-likeness (QED) is 0.743. The van der Waals surface area contributed by atoms with Crippen LogP contribution in [0.25, 0.3) is 0 Å². The van der Waals surface area contributed by atoms with Gasteiger partial charge in [0.05, 0.1) is 30.3 Å². The van der Waals surface area contributed by atoms with Gasteiger partial charge in [-0.3, -0.25) is 9.52 Å². The first kappa shape index (κ1) is 20.4. The molecule has 2 N–H and O–H groups in total. The highest BCUT2D eigenvalue weighted by molar-refractivity contribution is 7.92. The molecule has 2 aromatic rings. The summed E-state index contributed by atoms with van der Waals surface area (Å²) in [5, 5.41) is 3.23. The third-order valence-electron chi connectivity index (χ3n) is 4.31. The van der Waals surface area contributed by atoms with E-state index in [9.17, 15) is 13.2 Å². The molecule has 3 rings (SSSR count). The number of halogens is 1. The summed E-state index contributed by atoms with van der Waals surface area (Å²) in [6.07, 6.45) is 1.71. The largest absolute Gasteiger partial charge is 0.495 e. The number of sulfonamides is 1. The number of anilines is 1. The number of rotatable bonds is 6. The average molecular weight is 425 g/mol. The van der Waals surface area contributed by atoms with Gasteiger partial charge in [0.25, 0.3) is 15.9 Å². The highest BCUT2D eigenvalue weighted by Gasteiger charge is 2.21. The molecule has 0 saturated carbocycles. The molecule has 0 spiro atoms. The minimum atomic E-state index is -3.95. The van der Waals surface area contributed by atoms with Crippen LogP contribution in [-0.2, 0) is 14.8 Å². The summed E-state index contributed by atoms with van der Waals surface area (Å²) in [6, 6.07) is 10.4. The number of hydrogen-bond donors (Lipinski definition) is 2. The lowest BCUT2D eigenvalue weighted by Crippen LogP contribution is -2.40. The van der Waals surface area contributed by atoms with Crippen molar-refractivity contribution in [2.75, 3.05) is 25.0 Å². The average Bonchev–Trinajstić information content (AvgIpc) is 2.69. The van der Waals surface area contributed by atoms with Gasteiger partial charge >= 0.3 is 0 Å². The van der Waals surface area contributed by atoms with Crippen molar-refractivity contribution in [2.24, 2.45) is 0 Å². The summed E-state index contributed by atoms with van der Waals surface area (Å²) in [7, 11) is -2.51. The maximum Gasteiger partial charge on any atom is 0.262 e. The smallest absolute Gasteiger partial charge is 0.262 e. The molecular weight excluding hydrogens is 404 g/mol. The van der Waals surface area contributed by atoms with Crippen molar-refractivity contribution >= 4 is 33.2 Å². The molecule has 0 aromatic heterocycles. The van der Waals surface area contributed by atoms with E-state index in [0.29, 0.717) is 24.0 Å². The zero-order chi connectivity index (χ0) is 20.1. The van der Waals surface area contributed by atoms with Crippen molar-refractivity contribution in [1.82, 2.24) is 5.32 Å². The van der Waals surface area contributed by atoms with Crippen LogP contribution in [0.15, 0.2) is 47.4 Å². The highest BCUT2D eigenvalue weighted by atomic mass is 35.5. The Bertz CT molecular complexity index is 959. The number of nitrogens with one attached hydrogen (secondary N) is 2. The van der Waals surface area contributed by atoms with Crippen LogP contribution in [-0.4, -0.2) is 40.7 Å². The molecule has 0 bridgehead atoms. The first-order valence-electron chi connectivity index (χ1n) is 8.74. The van der Waals surface area contributed by atoms with Gasteiger partial charge in [-0.25, -0.2) is 8.42 Å². The molecule has 0 aliphatic carbocycles. The number of benzene rings is 2. The number of ether oxygens (including phenoxy) is 2. The second-order valence-corrected chi connectivity index (χ2v) is 8.48. The van der Waals surface area contributed by atoms with Crippen LogP contribution in [0, 0.1) is 0 Å². The number of methoxy groups -OCH3 is 1. The lowest BCUT2D eigenvalue weighted by atomic mass is 10.1. The Morgan fingerprint density at radius 3 is 2.79 bits per heavy atom. The third-order valence-corrected chi connectivity index (χ3v) is 5.91. The molecule has 1 aliphatic rings. The van der Waals surface area contributed by atoms with Crippen LogP contribution >= 0.6 is 11.6 Å². The Kier molecular flexibility index (Phi) is 6.43. The summed E-state index contributed by atoms with van der Waals surface area (Å²) in [5.74, 6) is -0.00735. The molecule has 1 aliphatic heterocycles. The molecule has 1 unspecified atom stereocenters. The Balaban J connectivity index is 1.80. The molecule has 1 atom stereocenters. The summed E-state index contributed by atoms with van der Waals surface area (Å²) < 4.78 is 38.5. The second kappa shape index (κ2) is 8.81. The molecule has 150 valence electrons. The van der Waals surface area contributed by atoms with Crippen LogP contribution in [0.5, 0.6) is 5.75 Å². The molecular formula is C19H21ClN2O5S. The van der Waals surface area contributed by atoms with Gasteiger partial charge in [-0.1, -0.05) is 17.7 Å². The van der Waals surface area contributed by atoms with Crippen LogP contribution < -0.4 is 14.8 Å². The van der Waals surface area contributed by atoms with E-state index in [-0.39, 0.29) is 28.1 Å².